The summed E-state index contributed by atoms with van der Waals surface area (Å²) in [6, 6.07) is 0. The number of hydrogen-bond acceptors (Lipinski definition) is 3. The molecule has 0 radical (unpaired) electrons. The first-order chi connectivity index (χ1) is 8.86. The molecule has 0 aliphatic heterocycles. The van der Waals surface area contributed by atoms with E-state index in [-0.39, 0.29) is 0 Å². The summed E-state index contributed by atoms with van der Waals surface area (Å²) in [5, 5.41) is 3.36. The Balaban J connectivity index is 1.88. The van der Waals surface area contributed by atoms with Gasteiger partial charge in [0.05, 0.1) is 12.7 Å². The van der Waals surface area contributed by atoms with E-state index in [1.54, 1.807) is 7.11 Å². The zero-order valence-electron chi connectivity index (χ0n) is 12.2. The second-order valence-electron chi connectivity index (χ2n) is 5.38. The maximum Gasteiger partial charge on any atom is 0.0587 e. The molecule has 0 heterocycles. The standard InChI is InChI=1S/C15H31NO2/c1-3-14-7-6-8-15(13-14)18-11-5-4-9-16-10-12-17-2/h14-16H,3-13H2,1-2H3. The summed E-state index contributed by atoms with van der Waals surface area (Å²) >= 11 is 0. The Labute approximate surface area is 113 Å². The lowest BCUT2D eigenvalue weighted by Gasteiger charge is -2.28. The van der Waals surface area contributed by atoms with Crippen molar-refractivity contribution in [2.45, 2.75) is 58.0 Å². The molecule has 0 bridgehead atoms. The van der Waals surface area contributed by atoms with E-state index in [0.29, 0.717) is 6.10 Å². The molecule has 1 fully saturated rings. The molecule has 0 aromatic heterocycles. The third kappa shape index (κ3) is 7.34. The molecular weight excluding hydrogens is 226 g/mol. The summed E-state index contributed by atoms with van der Waals surface area (Å²) < 4.78 is 11.0. The van der Waals surface area contributed by atoms with Crippen molar-refractivity contribution in [3.05, 3.63) is 0 Å². The van der Waals surface area contributed by atoms with Gasteiger partial charge in [0.1, 0.15) is 0 Å². The molecule has 108 valence electrons. The molecule has 1 saturated carbocycles. The molecule has 1 rings (SSSR count). The van der Waals surface area contributed by atoms with Gasteiger partial charge in [0.2, 0.25) is 0 Å². The average molecular weight is 257 g/mol. The van der Waals surface area contributed by atoms with Crippen LogP contribution in [0, 0.1) is 5.92 Å². The van der Waals surface area contributed by atoms with Crippen LogP contribution in [0.4, 0.5) is 0 Å². The van der Waals surface area contributed by atoms with E-state index in [1.165, 1.54) is 44.9 Å². The minimum Gasteiger partial charge on any atom is -0.383 e. The molecule has 2 atom stereocenters. The van der Waals surface area contributed by atoms with Crippen molar-refractivity contribution in [3.63, 3.8) is 0 Å². The molecule has 0 amide bonds. The van der Waals surface area contributed by atoms with E-state index in [4.69, 9.17) is 9.47 Å². The molecule has 0 saturated heterocycles. The zero-order valence-corrected chi connectivity index (χ0v) is 12.2. The van der Waals surface area contributed by atoms with E-state index < -0.39 is 0 Å². The highest BCUT2D eigenvalue weighted by Gasteiger charge is 2.20. The van der Waals surface area contributed by atoms with Crippen LogP contribution in [-0.2, 0) is 9.47 Å². The SMILES string of the molecule is CCC1CCCC(OCCCCNCCOC)C1. The lowest BCUT2D eigenvalue weighted by Crippen LogP contribution is -2.24. The monoisotopic (exact) mass is 257 g/mol. The van der Waals surface area contributed by atoms with Crippen molar-refractivity contribution in [3.8, 4) is 0 Å². The van der Waals surface area contributed by atoms with Crippen molar-refractivity contribution in [1.82, 2.24) is 5.32 Å². The first-order valence-corrected chi connectivity index (χ1v) is 7.68. The maximum atomic E-state index is 5.99. The number of nitrogens with one attached hydrogen (secondary N) is 1. The number of ether oxygens (including phenoxy) is 2. The molecule has 1 aliphatic rings. The summed E-state index contributed by atoms with van der Waals surface area (Å²) in [6.07, 6.45) is 9.60. The third-order valence-electron chi connectivity index (χ3n) is 3.90. The van der Waals surface area contributed by atoms with Gasteiger partial charge in [-0.2, -0.15) is 0 Å². The molecule has 0 aromatic carbocycles. The van der Waals surface area contributed by atoms with Gasteiger partial charge in [-0.15, -0.1) is 0 Å². The molecule has 1 aliphatic carbocycles. The fourth-order valence-electron chi connectivity index (χ4n) is 2.67. The summed E-state index contributed by atoms with van der Waals surface area (Å²) in [6.45, 7) is 6.08. The summed E-state index contributed by atoms with van der Waals surface area (Å²) in [4.78, 5) is 0. The molecule has 18 heavy (non-hydrogen) atoms. The van der Waals surface area contributed by atoms with Gasteiger partial charge >= 0.3 is 0 Å². The van der Waals surface area contributed by atoms with Gasteiger partial charge in [-0.05, 0) is 38.1 Å². The molecule has 1 N–H and O–H groups in total. The highest BCUT2D eigenvalue weighted by molar-refractivity contribution is 4.72. The van der Waals surface area contributed by atoms with Gasteiger partial charge in [0.15, 0.2) is 0 Å². The Kier molecular flexibility index (Phi) is 9.54. The largest absolute Gasteiger partial charge is 0.383 e. The maximum absolute atomic E-state index is 5.99. The number of methoxy groups -OCH3 is 1. The van der Waals surface area contributed by atoms with Crippen LogP contribution in [-0.4, -0.2) is 39.5 Å². The number of hydrogen-bond donors (Lipinski definition) is 1. The predicted octanol–water partition coefficient (Wildman–Crippen LogP) is 2.99. The lowest BCUT2D eigenvalue weighted by atomic mass is 9.85. The predicted molar refractivity (Wildman–Crippen MR) is 76.0 cm³/mol. The second-order valence-corrected chi connectivity index (χ2v) is 5.38. The van der Waals surface area contributed by atoms with Crippen molar-refractivity contribution >= 4 is 0 Å². The van der Waals surface area contributed by atoms with E-state index in [0.717, 1.165) is 32.2 Å². The first kappa shape index (κ1) is 15.9. The van der Waals surface area contributed by atoms with Crippen molar-refractivity contribution in [2.75, 3.05) is 33.4 Å². The van der Waals surface area contributed by atoms with Crippen LogP contribution in [0.25, 0.3) is 0 Å². The fraction of sp³-hybridized carbons (Fsp3) is 1.00. The Morgan fingerprint density at radius 1 is 1.11 bits per heavy atom. The Bertz CT molecular complexity index is 187. The minimum atomic E-state index is 0.546. The Morgan fingerprint density at radius 3 is 2.78 bits per heavy atom. The zero-order chi connectivity index (χ0) is 13.1. The van der Waals surface area contributed by atoms with Gasteiger partial charge in [-0.3, -0.25) is 0 Å². The van der Waals surface area contributed by atoms with Crippen LogP contribution < -0.4 is 5.32 Å². The van der Waals surface area contributed by atoms with E-state index in [1.807, 2.05) is 0 Å². The quantitative estimate of drug-likeness (QED) is 0.610. The van der Waals surface area contributed by atoms with E-state index in [2.05, 4.69) is 12.2 Å². The Hall–Kier alpha value is -0.120. The van der Waals surface area contributed by atoms with Crippen LogP contribution in [0.3, 0.4) is 0 Å². The average Bonchev–Trinajstić information content (AvgIpc) is 2.42. The molecule has 3 heteroatoms. The van der Waals surface area contributed by atoms with Gasteiger partial charge in [0, 0.05) is 20.3 Å². The van der Waals surface area contributed by atoms with Crippen molar-refractivity contribution < 1.29 is 9.47 Å². The van der Waals surface area contributed by atoms with Crippen LogP contribution in [0.15, 0.2) is 0 Å². The molecule has 0 spiro atoms. The second kappa shape index (κ2) is 10.8. The third-order valence-corrected chi connectivity index (χ3v) is 3.90. The highest BCUT2D eigenvalue weighted by Crippen LogP contribution is 2.28. The van der Waals surface area contributed by atoms with Gasteiger partial charge in [-0.1, -0.05) is 26.2 Å². The topological polar surface area (TPSA) is 30.5 Å². The normalized spacial score (nSPS) is 24.3. The fourth-order valence-corrected chi connectivity index (χ4v) is 2.67. The molecule has 3 nitrogen and oxygen atoms in total. The molecule has 2 unspecified atom stereocenters. The van der Waals surface area contributed by atoms with Crippen LogP contribution >= 0.6 is 0 Å². The number of rotatable bonds is 10. The number of unbranched alkanes of at least 4 members (excludes halogenated alkanes) is 1. The first-order valence-electron chi connectivity index (χ1n) is 7.68. The highest BCUT2D eigenvalue weighted by atomic mass is 16.5. The summed E-state index contributed by atoms with van der Waals surface area (Å²) in [5.41, 5.74) is 0. The summed E-state index contributed by atoms with van der Waals surface area (Å²) in [7, 11) is 1.74. The van der Waals surface area contributed by atoms with Crippen LogP contribution in [0.5, 0.6) is 0 Å². The minimum absolute atomic E-state index is 0.546. The van der Waals surface area contributed by atoms with Crippen molar-refractivity contribution in [1.29, 1.82) is 0 Å². The molecular formula is C15H31NO2. The van der Waals surface area contributed by atoms with Crippen LogP contribution in [0.2, 0.25) is 0 Å². The van der Waals surface area contributed by atoms with E-state index >= 15 is 0 Å². The lowest BCUT2D eigenvalue weighted by molar-refractivity contribution is 0.0108. The molecule has 0 aromatic rings. The van der Waals surface area contributed by atoms with Crippen molar-refractivity contribution in [2.24, 2.45) is 5.92 Å². The van der Waals surface area contributed by atoms with Gasteiger partial charge < -0.3 is 14.8 Å². The Morgan fingerprint density at radius 2 is 2.00 bits per heavy atom. The van der Waals surface area contributed by atoms with Gasteiger partial charge in [0.25, 0.3) is 0 Å². The summed E-state index contributed by atoms with van der Waals surface area (Å²) in [5.74, 6) is 0.916. The smallest absolute Gasteiger partial charge is 0.0587 e. The van der Waals surface area contributed by atoms with E-state index in [9.17, 15) is 0 Å². The van der Waals surface area contributed by atoms with Gasteiger partial charge in [-0.25, -0.2) is 0 Å². The van der Waals surface area contributed by atoms with Crippen LogP contribution in [0.1, 0.15) is 51.9 Å².